The molecule has 0 aromatic carbocycles. The lowest BCUT2D eigenvalue weighted by atomic mass is 9.82. The zero-order valence-corrected chi connectivity index (χ0v) is 11.9. The lowest BCUT2D eigenvalue weighted by Crippen LogP contribution is -2.55. The topological polar surface area (TPSA) is 76.1 Å². The predicted molar refractivity (Wildman–Crippen MR) is 73.2 cm³/mol. The van der Waals surface area contributed by atoms with E-state index >= 15 is 0 Å². The van der Waals surface area contributed by atoms with E-state index in [0.29, 0.717) is 0 Å². The Labute approximate surface area is 117 Å². The second-order valence-corrected chi connectivity index (χ2v) is 5.65. The van der Waals surface area contributed by atoms with Crippen LogP contribution in [0, 0.1) is 13.8 Å². The van der Waals surface area contributed by atoms with Crippen molar-refractivity contribution in [2.24, 2.45) is 0 Å². The van der Waals surface area contributed by atoms with Crippen molar-refractivity contribution in [1.82, 2.24) is 20.3 Å². The summed E-state index contributed by atoms with van der Waals surface area (Å²) in [6, 6.07) is 2.19. The minimum atomic E-state index is -0.349. The molecule has 2 aromatic rings. The summed E-state index contributed by atoms with van der Waals surface area (Å²) in [7, 11) is 0. The van der Waals surface area contributed by atoms with Crippen molar-refractivity contribution in [2.75, 3.05) is 0 Å². The zero-order chi connectivity index (χ0) is 14.3. The SMILES string of the molecule is Cc1cnn([C@H]2[C@H](O)C[C@@H]2NC(C)c2cc(C)on2)c1. The number of hydrogen-bond donors (Lipinski definition) is 2. The summed E-state index contributed by atoms with van der Waals surface area (Å²) < 4.78 is 6.95. The number of aliphatic hydroxyl groups excluding tert-OH is 1. The molecule has 1 aliphatic carbocycles. The Bertz CT molecular complexity index is 592. The quantitative estimate of drug-likeness (QED) is 0.885. The van der Waals surface area contributed by atoms with Crippen LogP contribution in [-0.2, 0) is 0 Å². The van der Waals surface area contributed by atoms with Crippen LogP contribution in [0.3, 0.4) is 0 Å². The first-order chi connectivity index (χ1) is 9.54. The van der Waals surface area contributed by atoms with Gasteiger partial charge in [0.2, 0.25) is 0 Å². The van der Waals surface area contributed by atoms with Crippen molar-refractivity contribution >= 4 is 0 Å². The van der Waals surface area contributed by atoms with Crippen molar-refractivity contribution in [3.63, 3.8) is 0 Å². The predicted octanol–water partition coefficient (Wildman–Crippen LogP) is 1.51. The van der Waals surface area contributed by atoms with Crippen LogP contribution in [0.4, 0.5) is 0 Å². The maximum atomic E-state index is 9.99. The Balaban J connectivity index is 1.68. The molecule has 108 valence electrons. The number of nitrogens with one attached hydrogen (secondary N) is 1. The van der Waals surface area contributed by atoms with E-state index in [1.54, 1.807) is 0 Å². The average molecular weight is 276 g/mol. The van der Waals surface area contributed by atoms with Gasteiger partial charge in [0.1, 0.15) is 11.5 Å². The van der Waals surface area contributed by atoms with Gasteiger partial charge in [0.05, 0.1) is 24.4 Å². The Kier molecular flexibility index (Phi) is 3.35. The first-order valence-corrected chi connectivity index (χ1v) is 6.92. The molecule has 1 aliphatic rings. The van der Waals surface area contributed by atoms with Crippen LogP contribution < -0.4 is 5.32 Å². The summed E-state index contributed by atoms with van der Waals surface area (Å²) in [6.45, 7) is 5.93. The molecule has 1 fully saturated rings. The largest absolute Gasteiger partial charge is 0.391 e. The molecular formula is C14H20N4O2. The van der Waals surface area contributed by atoms with Crippen LogP contribution in [0.2, 0.25) is 0 Å². The molecule has 6 nitrogen and oxygen atoms in total. The highest BCUT2D eigenvalue weighted by Crippen LogP contribution is 2.34. The highest BCUT2D eigenvalue weighted by molar-refractivity contribution is 5.11. The Morgan fingerprint density at radius 1 is 1.50 bits per heavy atom. The van der Waals surface area contributed by atoms with E-state index in [9.17, 15) is 5.11 Å². The first kappa shape index (κ1) is 13.3. The molecule has 4 atom stereocenters. The summed E-state index contributed by atoms with van der Waals surface area (Å²) in [5, 5.41) is 21.8. The van der Waals surface area contributed by atoms with Gasteiger partial charge in [-0.3, -0.25) is 4.68 Å². The number of rotatable bonds is 4. The molecule has 3 rings (SSSR count). The summed E-state index contributed by atoms with van der Waals surface area (Å²) in [4.78, 5) is 0. The molecule has 2 aromatic heterocycles. The van der Waals surface area contributed by atoms with E-state index in [-0.39, 0.29) is 24.2 Å². The number of aromatic nitrogens is 3. The molecule has 0 spiro atoms. The van der Waals surface area contributed by atoms with Crippen LogP contribution >= 0.6 is 0 Å². The van der Waals surface area contributed by atoms with Crippen molar-refractivity contribution in [3.8, 4) is 0 Å². The van der Waals surface area contributed by atoms with Gasteiger partial charge in [0.25, 0.3) is 0 Å². The van der Waals surface area contributed by atoms with Crippen molar-refractivity contribution in [1.29, 1.82) is 0 Å². The van der Waals surface area contributed by atoms with E-state index in [0.717, 1.165) is 23.4 Å². The van der Waals surface area contributed by atoms with Crippen LogP contribution in [-0.4, -0.2) is 32.2 Å². The minimum absolute atomic E-state index is 0.0147. The summed E-state index contributed by atoms with van der Waals surface area (Å²) in [5.41, 5.74) is 1.99. The van der Waals surface area contributed by atoms with E-state index < -0.39 is 0 Å². The lowest BCUT2D eigenvalue weighted by Gasteiger charge is -2.43. The molecule has 2 heterocycles. The van der Waals surface area contributed by atoms with E-state index in [4.69, 9.17) is 4.52 Å². The van der Waals surface area contributed by atoms with Gasteiger partial charge < -0.3 is 14.9 Å². The van der Waals surface area contributed by atoms with E-state index in [2.05, 4.69) is 15.6 Å². The van der Waals surface area contributed by atoms with Gasteiger partial charge in [-0.25, -0.2) is 0 Å². The third-order valence-corrected chi connectivity index (χ3v) is 3.89. The second-order valence-electron chi connectivity index (χ2n) is 5.65. The van der Waals surface area contributed by atoms with Gasteiger partial charge in [-0.15, -0.1) is 0 Å². The van der Waals surface area contributed by atoms with Crippen molar-refractivity contribution in [3.05, 3.63) is 35.5 Å². The average Bonchev–Trinajstić information content (AvgIpc) is 2.97. The fourth-order valence-corrected chi connectivity index (χ4v) is 2.73. The van der Waals surface area contributed by atoms with Gasteiger partial charge in [-0.2, -0.15) is 5.10 Å². The smallest absolute Gasteiger partial charge is 0.133 e. The van der Waals surface area contributed by atoms with Crippen LogP contribution in [0.25, 0.3) is 0 Å². The minimum Gasteiger partial charge on any atom is -0.391 e. The van der Waals surface area contributed by atoms with Crippen LogP contribution in [0.5, 0.6) is 0 Å². The summed E-state index contributed by atoms with van der Waals surface area (Å²) in [5.74, 6) is 0.807. The normalized spacial score (nSPS) is 27.3. The zero-order valence-electron chi connectivity index (χ0n) is 11.9. The fraction of sp³-hybridized carbons (Fsp3) is 0.571. The van der Waals surface area contributed by atoms with E-state index in [1.165, 1.54) is 0 Å². The van der Waals surface area contributed by atoms with Gasteiger partial charge >= 0.3 is 0 Å². The molecule has 2 N–H and O–H groups in total. The van der Waals surface area contributed by atoms with E-state index in [1.807, 2.05) is 43.9 Å². The monoisotopic (exact) mass is 276 g/mol. The summed E-state index contributed by atoms with van der Waals surface area (Å²) >= 11 is 0. The maximum absolute atomic E-state index is 9.99. The molecule has 0 radical (unpaired) electrons. The molecule has 1 saturated carbocycles. The van der Waals surface area contributed by atoms with Gasteiger partial charge in [-0.1, -0.05) is 5.16 Å². The van der Waals surface area contributed by atoms with Crippen molar-refractivity contribution < 1.29 is 9.63 Å². The maximum Gasteiger partial charge on any atom is 0.133 e. The Morgan fingerprint density at radius 3 is 2.85 bits per heavy atom. The van der Waals surface area contributed by atoms with Gasteiger partial charge in [-0.05, 0) is 32.8 Å². The van der Waals surface area contributed by atoms with Crippen molar-refractivity contribution in [2.45, 2.75) is 51.4 Å². The Morgan fingerprint density at radius 2 is 2.30 bits per heavy atom. The Hall–Kier alpha value is -1.66. The standard InChI is InChI=1S/C14H20N4O2/c1-8-6-15-18(7-8)14-12(5-13(14)19)16-10(3)11-4-9(2)20-17-11/h4,6-7,10,12-14,16,19H,5H2,1-3H3/t10?,12-,13+,14+/m0/s1. The lowest BCUT2D eigenvalue weighted by molar-refractivity contribution is -0.0113. The second kappa shape index (κ2) is 5.03. The molecular weight excluding hydrogens is 256 g/mol. The fourth-order valence-electron chi connectivity index (χ4n) is 2.73. The molecule has 0 bridgehead atoms. The summed E-state index contributed by atoms with van der Waals surface area (Å²) in [6.07, 6.45) is 4.15. The number of nitrogens with zero attached hydrogens (tertiary/aromatic N) is 3. The highest BCUT2D eigenvalue weighted by atomic mass is 16.5. The molecule has 6 heteroatoms. The molecule has 0 amide bonds. The molecule has 20 heavy (non-hydrogen) atoms. The number of aliphatic hydroxyl groups is 1. The third kappa shape index (κ3) is 2.36. The molecule has 0 saturated heterocycles. The third-order valence-electron chi connectivity index (χ3n) is 3.89. The highest BCUT2D eigenvalue weighted by Gasteiger charge is 2.42. The number of hydrogen-bond acceptors (Lipinski definition) is 5. The number of aryl methyl sites for hydroxylation is 2. The first-order valence-electron chi connectivity index (χ1n) is 6.92. The van der Waals surface area contributed by atoms with Crippen LogP contribution in [0.15, 0.2) is 23.0 Å². The molecule has 1 unspecified atom stereocenters. The van der Waals surface area contributed by atoms with Crippen LogP contribution in [0.1, 0.15) is 42.4 Å². The van der Waals surface area contributed by atoms with Gasteiger partial charge in [0, 0.05) is 18.3 Å². The molecule has 0 aliphatic heterocycles. The van der Waals surface area contributed by atoms with Gasteiger partial charge in [0.15, 0.2) is 0 Å².